The van der Waals surface area contributed by atoms with Gasteiger partial charge in [-0.1, -0.05) is 3.89 Å². The van der Waals surface area contributed by atoms with Gasteiger partial charge in [-0.05, 0) is 0 Å². The van der Waals surface area contributed by atoms with Crippen LogP contribution in [0.1, 0.15) is 0 Å². The molecular formula is C8F13KO7S. The third-order valence-electron chi connectivity index (χ3n) is 2.85. The van der Waals surface area contributed by atoms with Crippen molar-refractivity contribution in [2.24, 2.45) is 0 Å². The van der Waals surface area contributed by atoms with E-state index >= 15 is 0 Å². The Hall–Kier alpha value is 0.0264. The molecular weight excluding hydrogens is 526 g/mol. The molecule has 0 aromatic rings. The van der Waals surface area contributed by atoms with Crippen LogP contribution in [0, 0.1) is 0 Å². The monoisotopic (exact) mass is 526 g/mol. The van der Waals surface area contributed by atoms with E-state index < -0.39 is 57.6 Å². The molecule has 22 heteroatoms. The largest absolute Gasteiger partial charge is 1.00 e. The summed E-state index contributed by atoms with van der Waals surface area (Å²) in [6.45, 7) is 0. The molecule has 1 heterocycles. The predicted octanol–water partition coefficient (Wildman–Crippen LogP) is -1.60. The molecule has 0 N–H and O–H groups in total. The van der Waals surface area contributed by atoms with E-state index in [0.29, 0.717) is 0 Å². The van der Waals surface area contributed by atoms with Gasteiger partial charge in [0.15, 0.2) is 0 Å². The van der Waals surface area contributed by atoms with Crippen molar-refractivity contribution in [1.29, 1.82) is 0 Å². The van der Waals surface area contributed by atoms with Crippen LogP contribution >= 0.6 is 0 Å². The zero-order valence-electron chi connectivity index (χ0n) is 13.2. The van der Waals surface area contributed by atoms with E-state index in [1.807, 2.05) is 0 Å². The van der Waals surface area contributed by atoms with Gasteiger partial charge in [-0.2, -0.15) is 61.1 Å². The van der Waals surface area contributed by atoms with Gasteiger partial charge in [0, 0.05) is 0 Å². The van der Waals surface area contributed by atoms with E-state index in [1.165, 1.54) is 0 Å². The summed E-state index contributed by atoms with van der Waals surface area (Å²) in [5, 5.41) is 3.06. The second-order valence-corrected chi connectivity index (χ2v) is 6.20. The minimum Gasteiger partial charge on any atom is -0.544 e. The summed E-state index contributed by atoms with van der Waals surface area (Å²) >= 11 is 0. The summed E-state index contributed by atoms with van der Waals surface area (Å²) in [5.74, 6) is -17.2. The van der Waals surface area contributed by atoms with Crippen LogP contribution in [0.25, 0.3) is 0 Å². The Balaban J connectivity index is 0.00000841. The number of halogens is 13. The topological polar surface area (TPSA) is 102 Å². The zero-order valence-corrected chi connectivity index (χ0v) is 17.1. The Morgan fingerprint density at radius 2 is 1.30 bits per heavy atom. The summed E-state index contributed by atoms with van der Waals surface area (Å²) in [5.41, 5.74) is 0. The third-order valence-corrected chi connectivity index (χ3v) is 3.70. The molecule has 7 nitrogen and oxygen atoms in total. The first-order valence-corrected chi connectivity index (χ1v) is 7.23. The number of hydrogen-bond acceptors (Lipinski definition) is 7. The molecule has 1 fully saturated rings. The molecule has 30 heavy (non-hydrogen) atoms. The second-order valence-electron chi connectivity index (χ2n) is 4.81. The third kappa shape index (κ3) is 4.30. The molecule has 0 aliphatic carbocycles. The van der Waals surface area contributed by atoms with Crippen LogP contribution in [-0.2, 0) is 29.2 Å². The minimum atomic E-state index is -7.87. The van der Waals surface area contributed by atoms with Crippen LogP contribution in [0.4, 0.5) is 56.6 Å². The van der Waals surface area contributed by atoms with E-state index in [-0.39, 0.29) is 51.4 Å². The number of aliphatic carboxylic acids is 1. The first-order valence-electron chi connectivity index (χ1n) is 5.84. The Kier molecular flexibility index (Phi) is 7.82. The summed E-state index contributed by atoms with van der Waals surface area (Å²) in [4.78, 5) is 10.4. The van der Waals surface area contributed by atoms with E-state index in [2.05, 4.69) is 9.47 Å². The minimum absolute atomic E-state index is 0. The average Bonchev–Trinajstić information content (AvgIpc) is 2.65. The van der Waals surface area contributed by atoms with Gasteiger partial charge in [-0.25, -0.2) is 4.74 Å². The van der Waals surface area contributed by atoms with Crippen LogP contribution in [0.5, 0.6) is 0 Å². The molecule has 0 radical (unpaired) electrons. The van der Waals surface area contributed by atoms with Gasteiger partial charge in [0.2, 0.25) is 0 Å². The van der Waals surface area contributed by atoms with Gasteiger partial charge >= 0.3 is 103 Å². The maximum Gasteiger partial charge on any atom is 1.00 e. The molecule has 0 spiro atoms. The summed E-state index contributed by atoms with van der Waals surface area (Å²) in [6, 6.07) is 0. The van der Waals surface area contributed by atoms with E-state index in [0.717, 1.165) is 0 Å². The van der Waals surface area contributed by atoms with E-state index in [4.69, 9.17) is 0 Å². The molecule has 1 rings (SSSR count). The van der Waals surface area contributed by atoms with Gasteiger partial charge in [0.05, 0.1) is 0 Å². The molecule has 2 unspecified atom stereocenters. The smallest absolute Gasteiger partial charge is 0.544 e. The van der Waals surface area contributed by atoms with E-state index in [9.17, 15) is 74.9 Å². The van der Waals surface area contributed by atoms with Gasteiger partial charge in [0.1, 0.15) is 5.97 Å². The molecule has 0 aromatic heterocycles. The number of ether oxygens (including phenoxy) is 3. The van der Waals surface area contributed by atoms with E-state index in [1.54, 1.807) is 4.74 Å². The van der Waals surface area contributed by atoms with Crippen molar-refractivity contribution in [2.75, 3.05) is 0 Å². The molecule has 1 aliphatic rings. The molecule has 0 saturated carbocycles. The fraction of sp³-hybridized carbons (Fsp3) is 0.875. The molecule has 2 atom stereocenters. The Morgan fingerprint density at radius 1 is 0.900 bits per heavy atom. The number of carboxylic acids is 1. The van der Waals surface area contributed by atoms with Gasteiger partial charge in [-0.15, -0.1) is 0 Å². The first kappa shape index (κ1) is 30.0. The Bertz CT molecular complexity index is 798. The molecule has 172 valence electrons. The van der Waals surface area contributed by atoms with Gasteiger partial charge in [-0.3, -0.25) is 9.47 Å². The van der Waals surface area contributed by atoms with Crippen LogP contribution in [0.2, 0.25) is 0 Å². The van der Waals surface area contributed by atoms with Crippen molar-refractivity contribution in [3.63, 3.8) is 0 Å². The number of carbonyl (C=O) groups is 1. The summed E-state index contributed by atoms with van der Waals surface area (Å²) < 4.78 is 194. The Labute approximate surface area is 197 Å². The van der Waals surface area contributed by atoms with Gasteiger partial charge < -0.3 is 9.90 Å². The molecule has 0 amide bonds. The first-order chi connectivity index (χ1) is 12.3. The van der Waals surface area contributed by atoms with Crippen molar-refractivity contribution >= 4 is 16.2 Å². The predicted molar refractivity (Wildman–Crippen MR) is 50.7 cm³/mol. The fourth-order valence-electron chi connectivity index (χ4n) is 1.50. The number of carboxylic acid groups (broad SMARTS) is 1. The van der Waals surface area contributed by atoms with Crippen molar-refractivity contribution in [3.8, 4) is 0 Å². The number of rotatable bonds is 6. The Morgan fingerprint density at radius 3 is 1.57 bits per heavy atom. The second kappa shape index (κ2) is 7.81. The van der Waals surface area contributed by atoms with Crippen LogP contribution in [0.3, 0.4) is 0 Å². The molecule has 1 saturated heterocycles. The van der Waals surface area contributed by atoms with Crippen molar-refractivity contribution in [1.82, 2.24) is 0 Å². The molecule has 0 bridgehead atoms. The fourth-order valence-corrected chi connectivity index (χ4v) is 1.82. The SMILES string of the molecule is O=C([O-])C1(C(F)(F)F)OC(F)(F)C(F)(C(F)(F)OC(F)(F)C(F)(F)S(=O)(=O)F)O1.[K+]. The average molecular weight is 526 g/mol. The van der Waals surface area contributed by atoms with Crippen molar-refractivity contribution in [3.05, 3.63) is 0 Å². The standard InChI is InChI=1S/C8HF13O7S.K/c9-3(5(13,14)27-2(26-3,1(22)23)4(10,11)12)6(15,16)28-7(17,18)8(19,20)29(21,24)25;/h(H,22,23);/q;+1/p-1. The summed E-state index contributed by atoms with van der Waals surface area (Å²) in [7, 11) is -7.87. The number of hydrogen-bond donors (Lipinski definition) is 0. The van der Waals surface area contributed by atoms with Crippen LogP contribution in [0.15, 0.2) is 0 Å². The van der Waals surface area contributed by atoms with Crippen molar-refractivity contribution < 1.29 is 140 Å². The molecule has 0 aromatic carbocycles. The number of alkyl halides is 12. The molecule has 1 aliphatic heterocycles. The van der Waals surface area contributed by atoms with Crippen molar-refractivity contribution in [2.45, 2.75) is 41.4 Å². The zero-order chi connectivity index (χ0) is 23.7. The summed E-state index contributed by atoms with van der Waals surface area (Å²) in [6.07, 6.45) is -28.7. The van der Waals surface area contributed by atoms with Crippen LogP contribution in [-0.4, -0.2) is 55.8 Å². The van der Waals surface area contributed by atoms with Gasteiger partial charge in [0.25, 0.3) is 0 Å². The van der Waals surface area contributed by atoms with Crippen LogP contribution < -0.4 is 56.5 Å². The maximum absolute atomic E-state index is 13.9. The maximum atomic E-state index is 13.9. The quantitative estimate of drug-likeness (QED) is 0.234. The normalized spacial score (nSPS) is 28.2. The number of carbonyl (C=O) groups excluding carboxylic acids is 1.